The molecule has 0 aromatic carbocycles. The minimum Gasteiger partial charge on any atom is -0.480 e. The number of nitrogen functional groups attached to an aromatic ring is 1. The first kappa shape index (κ1) is 12.5. The standard InChI is InChI=1S/C9H10N6O4/c10-7-6(14-19-15-7)8(16)13-5(9(17)18)1-4-2-11-3-12-4/h2-3,5H,1H2,(H2,10,15)(H,11,12)(H,13,16)(H,17,18). The summed E-state index contributed by atoms with van der Waals surface area (Å²) in [5, 5.41) is 17.8. The SMILES string of the molecule is Nc1nonc1C(=O)NC(Cc1cnc[nH]1)C(=O)O. The molecule has 1 atom stereocenters. The van der Waals surface area contributed by atoms with Gasteiger partial charge in [0.1, 0.15) is 6.04 Å². The number of rotatable bonds is 5. The molecule has 0 fully saturated rings. The van der Waals surface area contributed by atoms with E-state index in [2.05, 4.69) is 30.2 Å². The molecule has 10 heteroatoms. The van der Waals surface area contributed by atoms with Gasteiger partial charge in [-0.1, -0.05) is 0 Å². The molecule has 0 aliphatic carbocycles. The van der Waals surface area contributed by atoms with Gasteiger partial charge in [-0.15, -0.1) is 0 Å². The van der Waals surface area contributed by atoms with Crippen LogP contribution in [0.5, 0.6) is 0 Å². The number of anilines is 1. The molecular formula is C9H10N6O4. The fraction of sp³-hybridized carbons (Fsp3) is 0.222. The molecule has 0 spiro atoms. The summed E-state index contributed by atoms with van der Waals surface area (Å²) in [6.07, 6.45) is 2.93. The number of hydrogen-bond acceptors (Lipinski definition) is 7. The Morgan fingerprint density at radius 1 is 1.53 bits per heavy atom. The number of carbonyl (C=O) groups excluding carboxylic acids is 1. The fourth-order valence-electron chi connectivity index (χ4n) is 1.40. The summed E-state index contributed by atoms with van der Waals surface area (Å²) >= 11 is 0. The monoisotopic (exact) mass is 266 g/mol. The largest absolute Gasteiger partial charge is 0.480 e. The van der Waals surface area contributed by atoms with Crippen molar-refractivity contribution in [2.75, 3.05) is 5.73 Å². The van der Waals surface area contributed by atoms with Crippen molar-refractivity contribution in [2.24, 2.45) is 0 Å². The van der Waals surface area contributed by atoms with Gasteiger partial charge in [0.05, 0.1) is 6.33 Å². The maximum absolute atomic E-state index is 11.7. The van der Waals surface area contributed by atoms with Crippen LogP contribution < -0.4 is 11.1 Å². The third-order valence-electron chi connectivity index (χ3n) is 2.31. The van der Waals surface area contributed by atoms with Crippen molar-refractivity contribution in [3.05, 3.63) is 23.9 Å². The summed E-state index contributed by atoms with van der Waals surface area (Å²) in [5.41, 5.74) is 5.65. The van der Waals surface area contributed by atoms with Gasteiger partial charge in [0.25, 0.3) is 5.91 Å². The van der Waals surface area contributed by atoms with E-state index in [0.717, 1.165) is 0 Å². The number of nitrogens with two attached hydrogens (primary N) is 1. The third-order valence-corrected chi connectivity index (χ3v) is 2.31. The molecule has 2 aromatic heterocycles. The first-order valence-electron chi connectivity index (χ1n) is 5.17. The molecule has 0 saturated heterocycles. The lowest BCUT2D eigenvalue weighted by atomic mass is 10.1. The van der Waals surface area contributed by atoms with Gasteiger partial charge in [-0.05, 0) is 10.3 Å². The lowest BCUT2D eigenvalue weighted by Crippen LogP contribution is -2.42. The molecule has 0 saturated carbocycles. The van der Waals surface area contributed by atoms with Crippen LogP contribution in [-0.4, -0.2) is 43.3 Å². The van der Waals surface area contributed by atoms with Gasteiger partial charge in [0, 0.05) is 18.3 Å². The minimum absolute atomic E-state index is 0.0479. The van der Waals surface area contributed by atoms with Crippen LogP contribution in [0.1, 0.15) is 16.2 Å². The summed E-state index contributed by atoms with van der Waals surface area (Å²) in [7, 11) is 0. The molecule has 100 valence electrons. The molecule has 1 unspecified atom stereocenters. The topological polar surface area (TPSA) is 160 Å². The van der Waals surface area contributed by atoms with E-state index in [1.165, 1.54) is 12.5 Å². The van der Waals surface area contributed by atoms with Crippen LogP contribution in [0, 0.1) is 0 Å². The van der Waals surface area contributed by atoms with E-state index in [1.54, 1.807) is 0 Å². The number of amides is 1. The van der Waals surface area contributed by atoms with Gasteiger partial charge in [-0.25, -0.2) is 14.4 Å². The number of aromatic nitrogens is 4. The van der Waals surface area contributed by atoms with Crippen molar-refractivity contribution in [3.8, 4) is 0 Å². The average Bonchev–Trinajstić information content (AvgIpc) is 2.99. The van der Waals surface area contributed by atoms with Crippen molar-refractivity contribution in [1.82, 2.24) is 25.6 Å². The maximum Gasteiger partial charge on any atom is 0.326 e. The van der Waals surface area contributed by atoms with Crippen LogP contribution in [0.4, 0.5) is 5.82 Å². The molecule has 19 heavy (non-hydrogen) atoms. The highest BCUT2D eigenvalue weighted by Crippen LogP contribution is 2.05. The van der Waals surface area contributed by atoms with Crippen LogP contribution in [-0.2, 0) is 11.2 Å². The Labute approximate surface area is 106 Å². The van der Waals surface area contributed by atoms with Crippen LogP contribution >= 0.6 is 0 Å². The molecule has 0 radical (unpaired) electrons. The zero-order chi connectivity index (χ0) is 13.8. The lowest BCUT2D eigenvalue weighted by molar-refractivity contribution is -0.139. The number of carboxylic acids is 1. The molecule has 0 aliphatic heterocycles. The number of carboxylic acid groups (broad SMARTS) is 1. The molecule has 0 bridgehead atoms. The number of carbonyl (C=O) groups is 2. The Hall–Kier alpha value is -2.91. The van der Waals surface area contributed by atoms with Crippen molar-refractivity contribution < 1.29 is 19.3 Å². The van der Waals surface area contributed by atoms with E-state index < -0.39 is 17.9 Å². The highest BCUT2D eigenvalue weighted by molar-refractivity contribution is 5.98. The van der Waals surface area contributed by atoms with E-state index in [4.69, 9.17) is 10.8 Å². The second-order valence-electron chi connectivity index (χ2n) is 3.64. The Morgan fingerprint density at radius 2 is 2.32 bits per heavy atom. The van der Waals surface area contributed by atoms with E-state index in [9.17, 15) is 9.59 Å². The first-order valence-corrected chi connectivity index (χ1v) is 5.17. The number of imidazole rings is 1. The average molecular weight is 266 g/mol. The minimum atomic E-state index is -1.20. The van der Waals surface area contributed by atoms with E-state index in [1.807, 2.05) is 0 Å². The molecular weight excluding hydrogens is 256 g/mol. The quantitative estimate of drug-likeness (QED) is 0.524. The number of aromatic amines is 1. The molecule has 5 N–H and O–H groups in total. The van der Waals surface area contributed by atoms with Crippen LogP contribution in [0.25, 0.3) is 0 Å². The second kappa shape index (κ2) is 5.16. The van der Waals surface area contributed by atoms with Gasteiger partial charge >= 0.3 is 5.97 Å². The number of nitrogens with zero attached hydrogens (tertiary/aromatic N) is 3. The van der Waals surface area contributed by atoms with Crippen molar-refractivity contribution in [3.63, 3.8) is 0 Å². The summed E-state index contributed by atoms with van der Waals surface area (Å²) < 4.78 is 4.26. The predicted octanol–water partition coefficient (Wildman–Crippen LogP) is -1.20. The molecule has 2 aromatic rings. The second-order valence-corrected chi connectivity index (χ2v) is 3.64. The smallest absolute Gasteiger partial charge is 0.326 e. The highest BCUT2D eigenvalue weighted by Gasteiger charge is 2.24. The molecule has 2 heterocycles. The van der Waals surface area contributed by atoms with Crippen molar-refractivity contribution >= 4 is 17.7 Å². The lowest BCUT2D eigenvalue weighted by Gasteiger charge is -2.12. The van der Waals surface area contributed by atoms with Crippen LogP contribution in [0.3, 0.4) is 0 Å². The van der Waals surface area contributed by atoms with Gasteiger partial charge in [-0.3, -0.25) is 4.79 Å². The van der Waals surface area contributed by atoms with E-state index in [-0.39, 0.29) is 17.9 Å². The van der Waals surface area contributed by atoms with Gasteiger partial charge in [0.2, 0.25) is 11.5 Å². The van der Waals surface area contributed by atoms with Crippen molar-refractivity contribution in [1.29, 1.82) is 0 Å². The zero-order valence-corrected chi connectivity index (χ0v) is 9.53. The third kappa shape index (κ3) is 2.86. The maximum atomic E-state index is 11.7. The van der Waals surface area contributed by atoms with Crippen LogP contribution in [0.2, 0.25) is 0 Å². The molecule has 1 amide bonds. The van der Waals surface area contributed by atoms with Gasteiger partial charge in [-0.2, -0.15) is 0 Å². The number of nitrogens with one attached hydrogen (secondary N) is 2. The number of aliphatic carboxylic acids is 1. The fourth-order valence-corrected chi connectivity index (χ4v) is 1.40. The van der Waals surface area contributed by atoms with Crippen LogP contribution in [0.15, 0.2) is 17.2 Å². The highest BCUT2D eigenvalue weighted by atomic mass is 16.6. The molecule has 0 aliphatic rings. The first-order chi connectivity index (χ1) is 9.08. The van der Waals surface area contributed by atoms with E-state index >= 15 is 0 Å². The predicted molar refractivity (Wildman–Crippen MR) is 59.9 cm³/mol. The van der Waals surface area contributed by atoms with E-state index in [0.29, 0.717) is 5.69 Å². The Bertz CT molecular complexity index is 577. The Balaban J connectivity index is 2.07. The van der Waals surface area contributed by atoms with Gasteiger partial charge in [0.15, 0.2) is 0 Å². The molecule has 10 nitrogen and oxygen atoms in total. The Kier molecular flexibility index (Phi) is 3.41. The summed E-state index contributed by atoms with van der Waals surface area (Å²) in [4.78, 5) is 29.3. The van der Waals surface area contributed by atoms with Gasteiger partial charge < -0.3 is 21.1 Å². The number of H-pyrrole nitrogens is 1. The summed E-state index contributed by atoms with van der Waals surface area (Å²) in [5.74, 6) is -2.17. The number of hydrogen-bond donors (Lipinski definition) is 4. The normalized spacial score (nSPS) is 12.0. The summed E-state index contributed by atoms with van der Waals surface area (Å²) in [6, 6.07) is -1.15. The zero-order valence-electron chi connectivity index (χ0n) is 9.53. The Morgan fingerprint density at radius 3 is 2.84 bits per heavy atom. The van der Waals surface area contributed by atoms with Crippen molar-refractivity contribution in [2.45, 2.75) is 12.5 Å². The molecule has 2 rings (SSSR count). The summed E-state index contributed by atoms with van der Waals surface area (Å²) in [6.45, 7) is 0.